The van der Waals surface area contributed by atoms with Crippen LogP contribution in [-0.4, -0.2) is 42.0 Å². The van der Waals surface area contributed by atoms with Gasteiger partial charge in [-0.05, 0) is 25.5 Å². The van der Waals surface area contributed by atoms with Crippen LogP contribution < -0.4 is 5.73 Å². The van der Waals surface area contributed by atoms with E-state index in [4.69, 9.17) is 5.73 Å². The number of hydrogen-bond donors (Lipinski definition) is 1. The molecule has 3 nitrogen and oxygen atoms in total. The number of nitrogens with two attached hydrogens (primary N) is 1. The summed E-state index contributed by atoms with van der Waals surface area (Å²) in [7, 11) is 0. The number of anilines is 1. The van der Waals surface area contributed by atoms with Gasteiger partial charge in [-0.2, -0.15) is 0 Å². The van der Waals surface area contributed by atoms with Gasteiger partial charge >= 0.3 is 0 Å². The fraction of sp³-hybridized carbons (Fsp3) is 0.600. The lowest BCUT2D eigenvalue weighted by Crippen LogP contribution is -2.49. The van der Waals surface area contributed by atoms with Crippen LogP contribution in [0.15, 0.2) is 18.2 Å². The number of nitrogens with zero attached hydrogens (tertiary/aromatic N) is 2. The minimum Gasteiger partial charge on any atom is -0.399 e. The van der Waals surface area contributed by atoms with Crippen molar-refractivity contribution in [3.63, 3.8) is 0 Å². The quantitative estimate of drug-likeness (QED) is 0.848. The van der Waals surface area contributed by atoms with E-state index in [0.717, 1.165) is 31.7 Å². The number of piperazine rings is 1. The Morgan fingerprint density at radius 3 is 2.53 bits per heavy atom. The van der Waals surface area contributed by atoms with Crippen molar-refractivity contribution in [2.45, 2.75) is 32.9 Å². The molecule has 0 radical (unpaired) electrons. The molecule has 1 aliphatic heterocycles. The average Bonchev–Trinajstić information content (AvgIpc) is 2.42. The third-order valence-electron chi connectivity index (χ3n) is 4.09. The topological polar surface area (TPSA) is 32.5 Å². The average molecular weight is 265 g/mol. The zero-order valence-corrected chi connectivity index (χ0v) is 11.9. The second-order valence-electron chi connectivity index (χ2n) is 5.42. The number of benzene rings is 1. The molecule has 106 valence electrons. The largest absolute Gasteiger partial charge is 0.399 e. The zero-order chi connectivity index (χ0) is 13.8. The summed E-state index contributed by atoms with van der Waals surface area (Å²) in [6.07, 6.45) is 1.19. The Morgan fingerprint density at radius 2 is 1.95 bits per heavy atom. The van der Waals surface area contributed by atoms with Crippen LogP contribution in [0.5, 0.6) is 0 Å². The van der Waals surface area contributed by atoms with Gasteiger partial charge in [-0.3, -0.25) is 9.80 Å². The molecule has 1 aliphatic rings. The molecule has 1 fully saturated rings. The summed E-state index contributed by atoms with van der Waals surface area (Å²) in [6.45, 7) is 9.34. The van der Waals surface area contributed by atoms with E-state index >= 15 is 0 Å². The van der Waals surface area contributed by atoms with Crippen LogP contribution in [-0.2, 0) is 6.54 Å². The van der Waals surface area contributed by atoms with Gasteiger partial charge < -0.3 is 5.73 Å². The van der Waals surface area contributed by atoms with Gasteiger partial charge in [-0.15, -0.1) is 0 Å². The Labute approximate surface area is 115 Å². The van der Waals surface area contributed by atoms with Gasteiger partial charge in [0.1, 0.15) is 5.82 Å². The van der Waals surface area contributed by atoms with Gasteiger partial charge in [0, 0.05) is 50.0 Å². The fourth-order valence-corrected chi connectivity index (χ4v) is 2.55. The van der Waals surface area contributed by atoms with E-state index < -0.39 is 0 Å². The molecule has 2 rings (SSSR count). The summed E-state index contributed by atoms with van der Waals surface area (Å²) in [4.78, 5) is 4.82. The third-order valence-corrected chi connectivity index (χ3v) is 4.09. The van der Waals surface area contributed by atoms with Crippen LogP contribution in [0.2, 0.25) is 0 Å². The lowest BCUT2D eigenvalue weighted by atomic mass is 10.1. The molecule has 2 N–H and O–H groups in total. The molecule has 1 heterocycles. The lowest BCUT2D eigenvalue weighted by molar-refractivity contribution is 0.0957. The summed E-state index contributed by atoms with van der Waals surface area (Å²) in [6, 6.07) is 5.62. The number of hydrogen-bond acceptors (Lipinski definition) is 3. The van der Waals surface area contributed by atoms with Crippen molar-refractivity contribution in [2.75, 3.05) is 31.9 Å². The van der Waals surface area contributed by atoms with Crippen molar-refractivity contribution >= 4 is 5.69 Å². The van der Waals surface area contributed by atoms with E-state index in [1.165, 1.54) is 12.5 Å². The Morgan fingerprint density at radius 1 is 1.26 bits per heavy atom. The lowest BCUT2D eigenvalue weighted by Gasteiger charge is -2.37. The first-order valence-electron chi connectivity index (χ1n) is 7.10. The number of nitrogen functional groups attached to an aromatic ring is 1. The van der Waals surface area contributed by atoms with Crippen molar-refractivity contribution in [3.8, 4) is 0 Å². The Hall–Kier alpha value is -1.13. The van der Waals surface area contributed by atoms with E-state index in [1.807, 2.05) is 0 Å². The highest BCUT2D eigenvalue weighted by Crippen LogP contribution is 2.16. The highest BCUT2D eigenvalue weighted by atomic mass is 19.1. The summed E-state index contributed by atoms with van der Waals surface area (Å²) in [5.41, 5.74) is 6.80. The van der Waals surface area contributed by atoms with Gasteiger partial charge in [-0.25, -0.2) is 4.39 Å². The van der Waals surface area contributed by atoms with Crippen LogP contribution in [0.4, 0.5) is 10.1 Å². The first-order valence-corrected chi connectivity index (χ1v) is 7.10. The number of halogens is 1. The maximum atomic E-state index is 13.7. The highest BCUT2D eigenvalue weighted by molar-refractivity contribution is 5.40. The molecule has 0 spiro atoms. The predicted octanol–water partition coefficient (Wildman–Crippen LogP) is 2.32. The molecular weight excluding hydrogens is 241 g/mol. The van der Waals surface area contributed by atoms with Crippen LogP contribution in [0, 0.1) is 5.82 Å². The fourth-order valence-electron chi connectivity index (χ4n) is 2.55. The molecule has 0 bridgehead atoms. The summed E-state index contributed by atoms with van der Waals surface area (Å²) < 4.78 is 13.7. The second-order valence-corrected chi connectivity index (χ2v) is 5.42. The van der Waals surface area contributed by atoms with Crippen LogP contribution >= 0.6 is 0 Å². The van der Waals surface area contributed by atoms with Gasteiger partial charge in [0.2, 0.25) is 0 Å². The molecule has 0 amide bonds. The monoisotopic (exact) mass is 265 g/mol. The summed E-state index contributed by atoms with van der Waals surface area (Å²) >= 11 is 0. The standard InChI is InChI=1S/C15H24FN3/c1-3-12(2)19-8-6-18(7-9-19)11-13-4-5-14(17)10-15(13)16/h4-5,10,12H,3,6-9,11,17H2,1-2H3. The summed E-state index contributed by atoms with van der Waals surface area (Å²) in [5, 5.41) is 0. The molecule has 0 aliphatic carbocycles. The Kier molecular flexibility index (Phi) is 4.77. The summed E-state index contributed by atoms with van der Waals surface area (Å²) in [5.74, 6) is -0.190. The first-order chi connectivity index (χ1) is 9.10. The molecule has 4 heteroatoms. The normalized spacial score (nSPS) is 19.5. The van der Waals surface area contributed by atoms with Crippen molar-refractivity contribution in [3.05, 3.63) is 29.6 Å². The molecule has 0 saturated carbocycles. The van der Waals surface area contributed by atoms with Gasteiger partial charge in [0.05, 0.1) is 0 Å². The van der Waals surface area contributed by atoms with Gasteiger partial charge in [-0.1, -0.05) is 13.0 Å². The molecule has 1 unspecified atom stereocenters. The highest BCUT2D eigenvalue weighted by Gasteiger charge is 2.20. The maximum absolute atomic E-state index is 13.7. The Bertz CT molecular complexity index is 414. The van der Waals surface area contributed by atoms with Crippen molar-refractivity contribution < 1.29 is 4.39 Å². The van der Waals surface area contributed by atoms with E-state index in [0.29, 0.717) is 18.3 Å². The molecule has 1 aromatic carbocycles. The van der Waals surface area contributed by atoms with E-state index in [-0.39, 0.29) is 5.82 Å². The zero-order valence-electron chi connectivity index (χ0n) is 11.9. The van der Waals surface area contributed by atoms with Gasteiger partial charge in [0.15, 0.2) is 0 Å². The van der Waals surface area contributed by atoms with E-state index in [9.17, 15) is 4.39 Å². The van der Waals surface area contributed by atoms with E-state index in [1.54, 1.807) is 12.1 Å². The third kappa shape index (κ3) is 3.67. The second kappa shape index (κ2) is 6.35. The molecule has 0 aromatic heterocycles. The first kappa shape index (κ1) is 14.3. The number of rotatable bonds is 4. The predicted molar refractivity (Wildman–Crippen MR) is 77.4 cm³/mol. The smallest absolute Gasteiger partial charge is 0.129 e. The molecular formula is C15H24FN3. The van der Waals surface area contributed by atoms with Crippen LogP contribution in [0.25, 0.3) is 0 Å². The minimum atomic E-state index is -0.190. The molecule has 1 saturated heterocycles. The molecule has 1 aromatic rings. The van der Waals surface area contributed by atoms with Crippen LogP contribution in [0.1, 0.15) is 25.8 Å². The minimum absolute atomic E-state index is 0.190. The van der Waals surface area contributed by atoms with Crippen molar-refractivity contribution in [2.24, 2.45) is 0 Å². The van der Waals surface area contributed by atoms with E-state index in [2.05, 4.69) is 23.6 Å². The molecule has 1 atom stereocenters. The molecule has 19 heavy (non-hydrogen) atoms. The van der Waals surface area contributed by atoms with Crippen molar-refractivity contribution in [1.82, 2.24) is 9.80 Å². The van der Waals surface area contributed by atoms with Gasteiger partial charge in [0.25, 0.3) is 0 Å². The SMILES string of the molecule is CCC(C)N1CCN(Cc2ccc(N)cc2F)CC1. The maximum Gasteiger partial charge on any atom is 0.129 e. The van der Waals surface area contributed by atoms with Crippen LogP contribution in [0.3, 0.4) is 0 Å². The van der Waals surface area contributed by atoms with Crippen molar-refractivity contribution in [1.29, 1.82) is 0 Å². The Balaban J connectivity index is 1.88.